The van der Waals surface area contributed by atoms with Crippen LogP contribution in [-0.4, -0.2) is 58.9 Å². The first kappa shape index (κ1) is 27.9. The molecule has 0 bridgehead atoms. The molecule has 1 fully saturated rings. The molecule has 1 amide bonds. The Balaban J connectivity index is 1.44. The predicted octanol–water partition coefficient (Wildman–Crippen LogP) is 5.88. The number of carboxylic acids is 1. The molecule has 1 aliphatic rings. The second-order valence-corrected chi connectivity index (χ2v) is 10.3. The maximum atomic E-state index is 13.7. The van der Waals surface area contributed by atoms with Gasteiger partial charge in [0.05, 0.1) is 24.8 Å². The highest BCUT2D eigenvalue weighted by Crippen LogP contribution is 2.36. The summed E-state index contributed by atoms with van der Waals surface area (Å²) in [6.45, 7) is 1.89. The first-order valence-corrected chi connectivity index (χ1v) is 13.7. The molecule has 3 aromatic carbocycles. The third kappa shape index (κ3) is 6.22. The minimum atomic E-state index is -1.08. The molecule has 1 atom stereocenters. The Morgan fingerprint density at radius 3 is 2.59 bits per heavy atom. The van der Waals surface area contributed by atoms with Gasteiger partial charge in [-0.15, -0.1) is 0 Å². The maximum Gasteiger partial charge on any atom is 0.344 e. The number of para-hydroxylation sites is 1. The Hall–Kier alpha value is -4.70. The van der Waals surface area contributed by atoms with Crippen molar-refractivity contribution in [3.63, 3.8) is 0 Å². The minimum absolute atomic E-state index is 0.152. The van der Waals surface area contributed by atoms with Crippen molar-refractivity contribution in [3.05, 3.63) is 89.0 Å². The van der Waals surface area contributed by atoms with E-state index in [1.807, 2.05) is 48.7 Å². The van der Waals surface area contributed by atoms with Gasteiger partial charge in [-0.1, -0.05) is 24.3 Å². The van der Waals surface area contributed by atoms with Gasteiger partial charge in [0.1, 0.15) is 5.75 Å². The number of aromatic amines is 1. The van der Waals surface area contributed by atoms with Crippen LogP contribution in [0.2, 0.25) is 0 Å². The van der Waals surface area contributed by atoms with Gasteiger partial charge in [-0.05, 0) is 84.8 Å². The number of rotatable bonds is 10. The van der Waals surface area contributed by atoms with Gasteiger partial charge >= 0.3 is 5.97 Å². The number of ether oxygens (including phenoxy) is 3. The molecule has 9 nitrogen and oxygen atoms in total. The molecule has 2 heterocycles. The molecule has 0 spiro atoms. The highest BCUT2D eigenvalue weighted by atomic mass is 32.2. The first-order valence-electron chi connectivity index (χ1n) is 12.9. The minimum Gasteiger partial charge on any atom is -0.497 e. The Bertz CT molecular complexity index is 1640. The van der Waals surface area contributed by atoms with E-state index in [0.717, 1.165) is 22.2 Å². The lowest BCUT2D eigenvalue weighted by atomic mass is 10.1. The van der Waals surface area contributed by atoms with Crippen LogP contribution >= 0.6 is 11.8 Å². The number of H-pyrrole nitrogens is 1. The number of aromatic nitrogens is 1. The second kappa shape index (κ2) is 12.2. The quantitative estimate of drug-likeness (QED) is 0.228. The monoisotopic (exact) mass is 571 g/mol. The fourth-order valence-corrected chi connectivity index (χ4v) is 5.41. The van der Waals surface area contributed by atoms with Crippen LogP contribution in [-0.2, 0) is 16.0 Å². The molecule has 2 N–H and O–H groups in total. The number of nitrogens with zero attached hydrogens (tertiary/aromatic N) is 2. The number of carbonyl (C=O) groups excluding carboxylic acids is 1. The number of carboxylic acid groups (broad SMARTS) is 1. The second-order valence-electron chi connectivity index (χ2n) is 9.28. The van der Waals surface area contributed by atoms with E-state index >= 15 is 0 Å². The van der Waals surface area contributed by atoms with Crippen LogP contribution in [0.5, 0.6) is 17.2 Å². The van der Waals surface area contributed by atoms with E-state index in [2.05, 4.69) is 11.1 Å². The smallest absolute Gasteiger partial charge is 0.344 e. The summed E-state index contributed by atoms with van der Waals surface area (Å²) in [5.74, 6) is 0.159. The lowest BCUT2D eigenvalue weighted by molar-refractivity contribution is -0.144. The van der Waals surface area contributed by atoms with Crippen molar-refractivity contribution in [1.82, 2.24) is 9.88 Å². The van der Waals surface area contributed by atoms with Crippen LogP contribution in [0.25, 0.3) is 17.0 Å². The SMILES string of the molecule is COc1ccc(N=C2S/C(=C/c3ccc(O[C@H](C)C(=O)O)c(OC)c3)C(=O)N2CCc2c[nH]c3ccccc23)cc1. The molecule has 210 valence electrons. The van der Waals surface area contributed by atoms with Gasteiger partial charge in [0.25, 0.3) is 5.91 Å². The van der Waals surface area contributed by atoms with Gasteiger partial charge in [-0.25, -0.2) is 9.79 Å². The molecule has 0 radical (unpaired) electrons. The summed E-state index contributed by atoms with van der Waals surface area (Å²) < 4.78 is 16.2. The lowest BCUT2D eigenvalue weighted by Crippen LogP contribution is -2.31. The number of nitrogens with one attached hydrogen (secondary N) is 1. The first-order chi connectivity index (χ1) is 19.9. The average molecular weight is 572 g/mol. The van der Waals surface area contributed by atoms with Crippen LogP contribution in [0, 0.1) is 0 Å². The molecular weight excluding hydrogens is 542 g/mol. The zero-order valence-electron chi connectivity index (χ0n) is 22.8. The normalized spacial score (nSPS) is 16.0. The summed E-state index contributed by atoms with van der Waals surface area (Å²) >= 11 is 1.30. The highest BCUT2D eigenvalue weighted by Gasteiger charge is 2.33. The van der Waals surface area contributed by atoms with Crippen LogP contribution in [0.4, 0.5) is 5.69 Å². The van der Waals surface area contributed by atoms with Crippen molar-refractivity contribution in [2.24, 2.45) is 4.99 Å². The van der Waals surface area contributed by atoms with Crippen molar-refractivity contribution < 1.29 is 28.9 Å². The Morgan fingerprint density at radius 1 is 1.07 bits per heavy atom. The van der Waals surface area contributed by atoms with Crippen molar-refractivity contribution >= 4 is 51.5 Å². The fourth-order valence-electron chi connectivity index (χ4n) is 4.39. The van der Waals surface area contributed by atoms with Gasteiger partial charge < -0.3 is 24.3 Å². The van der Waals surface area contributed by atoms with Gasteiger partial charge in [0.2, 0.25) is 0 Å². The van der Waals surface area contributed by atoms with Crippen LogP contribution in [0.1, 0.15) is 18.1 Å². The summed E-state index contributed by atoms with van der Waals surface area (Å²) in [4.78, 5) is 35.2. The third-order valence-electron chi connectivity index (χ3n) is 6.60. The van der Waals surface area contributed by atoms with Gasteiger partial charge in [-0.3, -0.25) is 9.69 Å². The summed E-state index contributed by atoms with van der Waals surface area (Å²) in [6.07, 6.45) is 3.36. The van der Waals surface area contributed by atoms with E-state index in [0.29, 0.717) is 45.8 Å². The van der Waals surface area contributed by atoms with Crippen molar-refractivity contribution in [3.8, 4) is 17.2 Å². The predicted molar refractivity (Wildman–Crippen MR) is 160 cm³/mol. The van der Waals surface area contributed by atoms with Gasteiger partial charge in [-0.2, -0.15) is 0 Å². The molecule has 5 rings (SSSR count). The maximum absolute atomic E-state index is 13.7. The molecule has 41 heavy (non-hydrogen) atoms. The van der Waals surface area contributed by atoms with Crippen molar-refractivity contribution in [1.29, 1.82) is 0 Å². The molecule has 0 aliphatic carbocycles. The van der Waals surface area contributed by atoms with Crippen LogP contribution in [0.3, 0.4) is 0 Å². The molecular formula is C31H29N3O6S. The number of amides is 1. The number of aliphatic carboxylic acids is 1. The molecule has 0 saturated carbocycles. The average Bonchev–Trinajstić information content (AvgIpc) is 3.52. The number of benzene rings is 3. The number of methoxy groups -OCH3 is 2. The number of carbonyl (C=O) groups is 2. The molecule has 1 saturated heterocycles. The van der Waals surface area contributed by atoms with Crippen LogP contribution < -0.4 is 14.2 Å². The summed E-state index contributed by atoms with van der Waals surface area (Å²) in [5, 5.41) is 10.9. The summed E-state index contributed by atoms with van der Waals surface area (Å²) in [6, 6.07) is 20.5. The van der Waals surface area contributed by atoms with Crippen molar-refractivity contribution in [2.45, 2.75) is 19.4 Å². The fraction of sp³-hybridized carbons (Fsp3) is 0.194. The number of aliphatic imine (C=N–C) groups is 1. The lowest BCUT2D eigenvalue weighted by Gasteiger charge is -2.15. The molecule has 0 unspecified atom stereocenters. The number of hydrogen-bond donors (Lipinski definition) is 2. The zero-order valence-corrected chi connectivity index (χ0v) is 23.6. The summed E-state index contributed by atoms with van der Waals surface area (Å²) in [7, 11) is 3.09. The number of thioether (sulfide) groups is 1. The Labute approximate surface area is 241 Å². The van der Waals surface area contributed by atoms with E-state index in [1.165, 1.54) is 25.8 Å². The standard InChI is InChI=1S/C31H29N3O6S/c1-19(30(36)37)40-26-13-8-20(16-27(26)39-3)17-28-29(35)34(15-14-21-18-32-25-7-5-4-6-24(21)25)31(41-28)33-22-9-11-23(38-2)12-10-22/h4-13,16-19,32H,14-15H2,1-3H3,(H,36,37)/b28-17+,33-31?/t19-/m1/s1. The van der Waals surface area contributed by atoms with E-state index in [4.69, 9.17) is 19.2 Å². The van der Waals surface area contributed by atoms with E-state index in [-0.39, 0.29) is 5.91 Å². The Morgan fingerprint density at radius 2 is 1.85 bits per heavy atom. The van der Waals surface area contributed by atoms with E-state index < -0.39 is 12.1 Å². The van der Waals surface area contributed by atoms with Crippen molar-refractivity contribution in [2.75, 3.05) is 20.8 Å². The van der Waals surface area contributed by atoms with Crippen LogP contribution in [0.15, 0.2) is 82.8 Å². The highest BCUT2D eigenvalue weighted by molar-refractivity contribution is 8.18. The van der Waals surface area contributed by atoms with Gasteiger partial charge in [0.15, 0.2) is 22.8 Å². The third-order valence-corrected chi connectivity index (χ3v) is 7.61. The topological polar surface area (TPSA) is 113 Å². The largest absolute Gasteiger partial charge is 0.497 e. The molecule has 1 aromatic heterocycles. The Kier molecular flexibility index (Phi) is 8.30. The van der Waals surface area contributed by atoms with E-state index in [1.54, 1.807) is 36.3 Å². The molecule has 1 aliphatic heterocycles. The number of hydrogen-bond acceptors (Lipinski definition) is 7. The van der Waals surface area contributed by atoms with E-state index in [9.17, 15) is 14.7 Å². The number of amidine groups is 1. The zero-order chi connectivity index (χ0) is 28.9. The summed E-state index contributed by atoms with van der Waals surface area (Å²) in [5.41, 5.74) is 3.58. The molecule has 4 aromatic rings. The number of fused-ring (bicyclic) bond motifs is 1. The molecule has 10 heteroatoms. The van der Waals surface area contributed by atoms with Gasteiger partial charge in [0, 0.05) is 23.6 Å².